The number of hydrogen-bond donors (Lipinski definition) is 1. The van der Waals surface area contributed by atoms with Gasteiger partial charge in [-0.05, 0) is 66.1 Å². The Morgan fingerprint density at radius 1 is 1.23 bits per heavy atom. The molecule has 1 saturated carbocycles. The number of aromatic nitrogens is 3. The van der Waals surface area contributed by atoms with Crippen LogP contribution in [-0.4, -0.2) is 39.9 Å². The highest BCUT2D eigenvalue weighted by molar-refractivity contribution is 7.16. The molecule has 0 bridgehead atoms. The van der Waals surface area contributed by atoms with E-state index in [-0.39, 0.29) is 11.9 Å². The number of hydrogen-bond acceptors (Lipinski definition) is 5. The summed E-state index contributed by atoms with van der Waals surface area (Å²) in [6, 6.07) is 14.6. The van der Waals surface area contributed by atoms with E-state index in [2.05, 4.69) is 45.7 Å². The Morgan fingerprint density at radius 3 is 2.77 bits per heavy atom. The number of fused-ring (bicyclic) bond motifs is 1. The first-order valence-corrected chi connectivity index (χ1v) is 11.4. The fourth-order valence-corrected chi connectivity index (χ4v) is 5.47. The minimum absolute atomic E-state index is 0.0781. The van der Waals surface area contributed by atoms with E-state index in [9.17, 15) is 4.79 Å². The number of ether oxygens (including phenoxy) is 1. The molecule has 156 valence electrons. The van der Waals surface area contributed by atoms with Crippen LogP contribution in [0.1, 0.15) is 34.5 Å². The Morgan fingerprint density at radius 2 is 2.06 bits per heavy atom. The first-order chi connectivity index (χ1) is 15.2. The molecular weight excluding hydrogens is 408 g/mol. The Hall–Kier alpha value is -3.03. The van der Waals surface area contributed by atoms with Crippen LogP contribution in [-0.2, 0) is 11.2 Å². The lowest BCUT2D eigenvalue weighted by Gasteiger charge is -2.53. The Kier molecular flexibility index (Phi) is 4.40. The fraction of sp³-hybridized carbons (Fsp3) is 0.292. The zero-order valence-electron chi connectivity index (χ0n) is 17.0. The van der Waals surface area contributed by atoms with Crippen LogP contribution >= 0.6 is 11.3 Å². The molecule has 0 radical (unpaired) electrons. The van der Waals surface area contributed by atoms with E-state index >= 15 is 0 Å². The van der Waals surface area contributed by atoms with Gasteiger partial charge in [0, 0.05) is 29.2 Å². The lowest BCUT2D eigenvalue weighted by molar-refractivity contribution is -0.165. The number of carbonyl (C=O) groups excluding carboxylic acids is 1. The van der Waals surface area contributed by atoms with Crippen molar-refractivity contribution in [1.29, 1.82) is 0 Å². The summed E-state index contributed by atoms with van der Waals surface area (Å²) in [7, 11) is 0. The van der Waals surface area contributed by atoms with Crippen LogP contribution in [0.15, 0.2) is 60.2 Å². The predicted molar refractivity (Wildman–Crippen MR) is 120 cm³/mol. The van der Waals surface area contributed by atoms with Crippen LogP contribution in [0.4, 0.5) is 0 Å². The van der Waals surface area contributed by atoms with E-state index in [0.29, 0.717) is 11.1 Å². The third-order valence-corrected chi connectivity index (χ3v) is 7.17. The summed E-state index contributed by atoms with van der Waals surface area (Å²) in [6.07, 6.45) is 6.47. The fourth-order valence-electron chi connectivity index (χ4n) is 4.66. The van der Waals surface area contributed by atoms with Gasteiger partial charge in [-0.15, -0.1) is 11.3 Å². The first kappa shape index (κ1) is 18.7. The van der Waals surface area contributed by atoms with Gasteiger partial charge in [0.25, 0.3) is 5.91 Å². The zero-order chi connectivity index (χ0) is 20.8. The van der Waals surface area contributed by atoms with Crippen molar-refractivity contribution >= 4 is 27.5 Å². The maximum Gasteiger partial charge on any atom is 0.270 e. The van der Waals surface area contributed by atoms with E-state index in [1.807, 2.05) is 28.4 Å². The van der Waals surface area contributed by atoms with Crippen molar-refractivity contribution in [3.8, 4) is 5.69 Å². The van der Waals surface area contributed by atoms with Gasteiger partial charge in [-0.2, -0.15) is 5.10 Å². The van der Waals surface area contributed by atoms with E-state index in [4.69, 9.17) is 4.74 Å². The maximum absolute atomic E-state index is 12.9. The highest BCUT2D eigenvalue weighted by atomic mass is 32.1. The summed E-state index contributed by atoms with van der Waals surface area (Å²) in [5, 5.41) is 10.6. The standard InChI is InChI=1S/C24H22N4O2S/c29-22(26-18-12-24(13-18)14-30-15-24)21-11-17(20-6-9-31-23(20)27-21)10-16-2-4-19(5-3-16)28-8-1-7-25-28/h1-9,11,18H,10,12-15H2,(H,26,29). The third kappa shape index (κ3) is 3.43. The molecule has 2 aliphatic rings. The first-order valence-electron chi connectivity index (χ1n) is 10.5. The molecule has 6 rings (SSSR count). The number of nitrogens with zero attached hydrogens (tertiary/aromatic N) is 3. The van der Waals surface area contributed by atoms with Gasteiger partial charge in [0.2, 0.25) is 0 Å². The molecule has 2 fully saturated rings. The number of pyridine rings is 1. The monoisotopic (exact) mass is 430 g/mol. The number of amides is 1. The van der Waals surface area contributed by atoms with Gasteiger partial charge in [-0.3, -0.25) is 4.79 Å². The number of rotatable bonds is 5. The van der Waals surface area contributed by atoms with E-state index in [1.54, 1.807) is 17.5 Å². The SMILES string of the molecule is O=C(NC1CC2(COC2)C1)c1cc(Cc2ccc(-n3cccn3)cc2)c2ccsc2n1. The molecule has 1 N–H and O–H groups in total. The number of nitrogens with one attached hydrogen (secondary N) is 1. The van der Waals surface area contributed by atoms with E-state index in [1.165, 1.54) is 5.56 Å². The van der Waals surface area contributed by atoms with Gasteiger partial charge >= 0.3 is 0 Å². The number of carbonyl (C=O) groups is 1. The van der Waals surface area contributed by atoms with Crippen LogP contribution in [0.25, 0.3) is 15.9 Å². The van der Waals surface area contributed by atoms with Gasteiger partial charge in [-0.25, -0.2) is 9.67 Å². The molecule has 6 nitrogen and oxygen atoms in total. The summed E-state index contributed by atoms with van der Waals surface area (Å²) in [5.41, 5.74) is 4.17. The smallest absolute Gasteiger partial charge is 0.270 e. The normalized spacial score (nSPS) is 17.4. The second kappa shape index (κ2) is 7.28. The predicted octanol–water partition coefficient (Wildman–Crippen LogP) is 3.98. The molecule has 1 aliphatic carbocycles. The van der Waals surface area contributed by atoms with E-state index in [0.717, 1.165) is 53.9 Å². The summed E-state index contributed by atoms with van der Waals surface area (Å²) < 4.78 is 7.17. The highest BCUT2D eigenvalue weighted by Gasteiger charge is 2.50. The summed E-state index contributed by atoms with van der Waals surface area (Å²) in [6.45, 7) is 1.67. The minimum atomic E-state index is -0.0781. The van der Waals surface area contributed by atoms with Gasteiger partial charge < -0.3 is 10.1 Å². The molecule has 1 aromatic carbocycles. The van der Waals surface area contributed by atoms with Crippen molar-refractivity contribution in [3.63, 3.8) is 0 Å². The second-order valence-electron chi connectivity index (χ2n) is 8.67. The van der Waals surface area contributed by atoms with Crippen molar-refractivity contribution in [2.24, 2.45) is 5.41 Å². The maximum atomic E-state index is 12.9. The largest absolute Gasteiger partial charge is 0.380 e. The van der Waals surface area contributed by atoms with Gasteiger partial charge in [0.05, 0.1) is 18.9 Å². The van der Waals surface area contributed by atoms with Gasteiger partial charge in [-0.1, -0.05) is 12.1 Å². The minimum Gasteiger partial charge on any atom is -0.380 e. The van der Waals surface area contributed by atoms with Crippen molar-refractivity contribution in [2.45, 2.75) is 25.3 Å². The average molecular weight is 431 g/mol. The quantitative estimate of drug-likeness (QED) is 0.520. The molecule has 4 aromatic rings. The van der Waals surface area contributed by atoms with Crippen LogP contribution in [0.3, 0.4) is 0 Å². The molecule has 1 amide bonds. The molecule has 4 heterocycles. The number of thiophene rings is 1. The molecule has 7 heteroatoms. The Bertz CT molecular complexity index is 1230. The Balaban J connectivity index is 1.22. The van der Waals surface area contributed by atoms with Crippen LogP contribution in [0, 0.1) is 5.41 Å². The lowest BCUT2D eigenvalue weighted by Crippen LogP contribution is -2.59. The topological polar surface area (TPSA) is 69.0 Å². The highest BCUT2D eigenvalue weighted by Crippen LogP contribution is 2.46. The molecule has 0 unspecified atom stereocenters. The average Bonchev–Trinajstić information content (AvgIpc) is 3.41. The van der Waals surface area contributed by atoms with Crippen LogP contribution in [0.2, 0.25) is 0 Å². The molecule has 1 aliphatic heterocycles. The Labute approximate surface area is 183 Å². The van der Waals surface area contributed by atoms with Gasteiger partial charge in [0.15, 0.2) is 0 Å². The van der Waals surface area contributed by atoms with Crippen molar-refractivity contribution in [3.05, 3.63) is 77.1 Å². The lowest BCUT2D eigenvalue weighted by atomic mass is 9.64. The summed E-state index contributed by atoms with van der Waals surface area (Å²) >= 11 is 1.58. The van der Waals surface area contributed by atoms with Crippen molar-refractivity contribution < 1.29 is 9.53 Å². The van der Waals surface area contributed by atoms with Crippen LogP contribution in [0.5, 0.6) is 0 Å². The summed E-state index contributed by atoms with van der Waals surface area (Å²) in [5.74, 6) is -0.0781. The van der Waals surface area contributed by atoms with Gasteiger partial charge in [0.1, 0.15) is 10.5 Å². The molecule has 3 aromatic heterocycles. The molecule has 31 heavy (non-hydrogen) atoms. The second-order valence-corrected chi connectivity index (χ2v) is 9.57. The molecule has 1 spiro atoms. The summed E-state index contributed by atoms with van der Waals surface area (Å²) in [4.78, 5) is 18.4. The zero-order valence-corrected chi connectivity index (χ0v) is 17.8. The molecule has 0 atom stereocenters. The molecule has 1 saturated heterocycles. The van der Waals surface area contributed by atoms with Crippen LogP contribution < -0.4 is 5.32 Å². The van der Waals surface area contributed by atoms with Crippen molar-refractivity contribution in [2.75, 3.05) is 13.2 Å². The third-order valence-electron chi connectivity index (χ3n) is 6.37. The van der Waals surface area contributed by atoms with E-state index < -0.39 is 0 Å². The molecular formula is C24H22N4O2S. The van der Waals surface area contributed by atoms with Crippen molar-refractivity contribution in [1.82, 2.24) is 20.1 Å². The number of benzene rings is 1.